The van der Waals surface area contributed by atoms with Crippen molar-refractivity contribution in [2.45, 2.75) is 13.5 Å². The zero-order valence-electron chi connectivity index (χ0n) is 14.8. The maximum Gasteiger partial charge on any atom is 0.272 e. The first kappa shape index (κ1) is 16.8. The zero-order valence-corrected chi connectivity index (χ0v) is 14.8. The number of aromatic nitrogens is 4. The minimum atomic E-state index is -0.172. The number of rotatable bonds is 5. The Balaban J connectivity index is 1.41. The van der Waals surface area contributed by atoms with Gasteiger partial charge in [0.2, 0.25) is 5.88 Å². The van der Waals surface area contributed by atoms with Crippen molar-refractivity contribution >= 4 is 0 Å². The first-order valence-electron chi connectivity index (χ1n) is 8.59. The van der Waals surface area contributed by atoms with Crippen LogP contribution in [-0.4, -0.2) is 20.0 Å². The van der Waals surface area contributed by atoms with Crippen LogP contribution in [0, 0.1) is 6.92 Å². The molecular weight excluding hydrogens is 340 g/mol. The molecule has 0 amide bonds. The topological polar surface area (TPSA) is 72.8 Å². The van der Waals surface area contributed by atoms with Crippen molar-refractivity contribution in [2.75, 3.05) is 0 Å². The molecule has 1 N–H and O–H groups in total. The van der Waals surface area contributed by atoms with Crippen molar-refractivity contribution in [2.24, 2.45) is 0 Å². The summed E-state index contributed by atoms with van der Waals surface area (Å²) in [6.45, 7) is 2.20. The zero-order chi connectivity index (χ0) is 18.6. The Labute approximate surface area is 156 Å². The van der Waals surface area contributed by atoms with Crippen molar-refractivity contribution in [3.63, 3.8) is 0 Å². The van der Waals surface area contributed by atoms with Gasteiger partial charge in [0.25, 0.3) is 5.56 Å². The summed E-state index contributed by atoms with van der Waals surface area (Å²) in [6, 6.07) is 23.3. The fraction of sp³-hybridized carbons (Fsp3) is 0.0952. The Hall–Kier alpha value is -3.67. The first-order chi connectivity index (χ1) is 13.2. The van der Waals surface area contributed by atoms with Gasteiger partial charge >= 0.3 is 0 Å². The SMILES string of the molecule is Cc1cc(=O)n(-c2ccc(OCc3ccc(-c4ccccc4)cc3)nn2)[nH]1. The van der Waals surface area contributed by atoms with E-state index in [1.807, 2.05) is 37.3 Å². The Morgan fingerprint density at radius 2 is 1.67 bits per heavy atom. The number of benzene rings is 2. The highest BCUT2D eigenvalue weighted by molar-refractivity contribution is 5.63. The van der Waals surface area contributed by atoms with Crippen molar-refractivity contribution in [1.82, 2.24) is 20.0 Å². The van der Waals surface area contributed by atoms with Gasteiger partial charge in [-0.2, -0.15) is 4.68 Å². The number of nitrogens with one attached hydrogen (secondary N) is 1. The molecule has 2 aromatic heterocycles. The van der Waals surface area contributed by atoms with E-state index in [2.05, 4.69) is 39.6 Å². The van der Waals surface area contributed by atoms with Gasteiger partial charge in [0, 0.05) is 17.8 Å². The number of hydrogen-bond acceptors (Lipinski definition) is 4. The minimum absolute atomic E-state index is 0.172. The molecule has 0 atom stereocenters. The lowest BCUT2D eigenvalue weighted by Gasteiger charge is -2.07. The molecule has 2 heterocycles. The van der Waals surface area contributed by atoms with E-state index >= 15 is 0 Å². The predicted octanol–water partition coefficient (Wildman–Crippen LogP) is 3.51. The second-order valence-electron chi connectivity index (χ2n) is 6.19. The summed E-state index contributed by atoms with van der Waals surface area (Å²) < 4.78 is 7.03. The number of hydrogen-bond donors (Lipinski definition) is 1. The molecule has 0 saturated heterocycles. The van der Waals surface area contributed by atoms with Gasteiger partial charge in [0.1, 0.15) is 6.61 Å². The normalized spacial score (nSPS) is 10.7. The van der Waals surface area contributed by atoms with Gasteiger partial charge in [0.05, 0.1) is 0 Å². The number of aryl methyl sites for hydroxylation is 1. The van der Waals surface area contributed by atoms with Gasteiger partial charge in [-0.05, 0) is 29.7 Å². The first-order valence-corrected chi connectivity index (χ1v) is 8.59. The molecule has 0 unspecified atom stereocenters. The van der Waals surface area contributed by atoms with Crippen LogP contribution in [0.15, 0.2) is 77.6 Å². The quantitative estimate of drug-likeness (QED) is 0.592. The van der Waals surface area contributed by atoms with Gasteiger partial charge in [-0.3, -0.25) is 9.89 Å². The molecule has 0 aliphatic heterocycles. The summed E-state index contributed by atoms with van der Waals surface area (Å²) in [7, 11) is 0. The number of nitrogens with zero attached hydrogens (tertiary/aromatic N) is 3. The molecule has 134 valence electrons. The maximum absolute atomic E-state index is 11.8. The molecule has 27 heavy (non-hydrogen) atoms. The second kappa shape index (κ2) is 7.29. The van der Waals surface area contributed by atoms with Crippen molar-refractivity contribution < 1.29 is 4.74 Å². The number of H-pyrrole nitrogens is 1. The van der Waals surface area contributed by atoms with Crippen LogP contribution in [-0.2, 0) is 6.61 Å². The Morgan fingerprint density at radius 3 is 2.30 bits per heavy atom. The molecule has 0 aliphatic rings. The van der Waals surface area contributed by atoms with Crippen LogP contribution in [0.4, 0.5) is 0 Å². The molecule has 6 nitrogen and oxygen atoms in total. The third-order valence-corrected chi connectivity index (χ3v) is 4.15. The molecule has 0 saturated carbocycles. The third-order valence-electron chi connectivity index (χ3n) is 4.15. The van der Waals surface area contributed by atoms with Gasteiger partial charge in [-0.15, -0.1) is 10.2 Å². The van der Waals surface area contributed by atoms with E-state index in [0.29, 0.717) is 18.3 Å². The van der Waals surface area contributed by atoms with Gasteiger partial charge < -0.3 is 4.74 Å². The van der Waals surface area contributed by atoms with E-state index in [0.717, 1.165) is 16.8 Å². The van der Waals surface area contributed by atoms with Gasteiger partial charge in [0.15, 0.2) is 5.82 Å². The largest absolute Gasteiger partial charge is 0.472 e. The molecule has 0 spiro atoms. The minimum Gasteiger partial charge on any atom is -0.472 e. The highest BCUT2D eigenvalue weighted by atomic mass is 16.5. The highest BCUT2D eigenvalue weighted by Gasteiger charge is 2.06. The third kappa shape index (κ3) is 3.79. The maximum atomic E-state index is 11.8. The standard InChI is InChI=1S/C21H18N4O2/c1-15-13-21(26)25(24-15)19-11-12-20(23-22-19)27-14-16-7-9-18(10-8-16)17-5-3-2-4-6-17/h2-13,24H,14H2,1H3. The Morgan fingerprint density at radius 1 is 0.926 bits per heavy atom. The average Bonchev–Trinajstić information content (AvgIpc) is 3.06. The second-order valence-corrected chi connectivity index (χ2v) is 6.19. The summed E-state index contributed by atoms with van der Waals surface area (Å²) in [6.07, 6.45) is 0. The van der Waals surface area contributed by atoms with E-state index in [-0.39, 0.29) is 5.56 Å². The molecular formula is C21H18N4O2. The van der Waals surface area contributed by atoms with E-state index in [4.69, 9.17) is 4.74 Å². The molecule has 0 radical (unpaired) electrons. The fourth-order valence-electron chi connectivity index (χ4n) is 2.77. The lowest BCUT2D eigenvalue weighted by atomic mass is 10.0. The molecule has 4 aromatic rings. The van der Waals surface area contributed by atoms with E-state index in [1.54, 1.807) is 12.1 Å². The summed E-state index contributed by atoms with van der Waals surface area (Å²) in [5.74, 6) is 0.829. The summed E-state index contributed by atoms with van der Waals surface area (Å²) >= 11 is 0. The molecule has 0 bridgehead atoms. The number of aromatic amines is 1. The Bertz CT molecular complexity index is 1080. The van der Waals surface area contributed by atoms with Crippen LogP contribution in [0.3, 0.4) is 0 Å². The van der Waals surface area contributed by atoms with Crippen molar-refractivity contribution in [1.29, 1.82) is 0 Å². The van der Waals surface area contributed by atoms with Crippen LogP contribution in [0.2, 0.25) is 0 Å². The van der Waals surface area contributed by atoms with E-state index in [1.165, 1.54) is 16.3 Å². The van der Waals surface area contributed by atoms with Crippen LogP contribution in [0.1, 0.15) is 11.3 Å². The molecule has 0 aliphatic carbocycles. The van der Waals surface area contributed by atoms with Gasteiger partial charge in [-0.25, -0.2) is 0 Å². The monoisotopic (exact) mass is 358 g/mol. The van der Waals surface area contributed by atoms with E-state index in [9.17, 15) is 4.79 Å². The van der Waals surface area contributed by atoms with Gasteiger partial charge in [-0.1, -0.05) is 54.6 Å². The summed E-state index contributed by atoms with van der Waals surface area (Å²) in [4.78, 5) is 11.8. The predicted molar refractivity (Wildman–Crippen MR) is 103 cm³/mol. The summed E-state index contributed by atoms with van der Waals surface area (Å²) in [5, 5.41) is 11.0. The lowest BCUT2D eigenvalue weighted by molar-refractivity contribution is 0.290. The van der Waals surface area contributed by atoms with Crippen LogP contribution >= 0.6 is 0 Å². The lowest BCUT2D eigenvalue weighted by Crippen LogP contribution is -2.15. The van der Waals surface area contributed by atoms with Crippen LogP contribution < -0.4 is 10.3 Å². The summed E-state index contributed by atoms with van der Waals surface area (Å²) in [5.41, 5.74) is 3.98. The van der Waals surface area contributed by atoms with Crippen molar-refractivity contribution in [3.8, 4) is 22.8 Å². The Kier molecular flexibility index (Phi) is 4.53. The highest BCUT2D eigenvalue weighted by Crippen LogP contribution is 2.19. The molecule has 4 rings (SSSR count). The fourth-order valence-corrected chi connectivity index (χ4v) is 2.77. The van der Waals surface area contributed by atoms with Crippen molar-refractivity contribution in [3.05, 3.63) is 94.4 Å². The molecule has 6 heteroatoms. The smallest absolute Gasteiger partial charge is 0.272 e. The molecule has 0 fully saturated rings. The average molecular weight is 358 g/mol. The van der Waals surface area contributed by atoms with Crippen LogP contribution in [0.25, 0.3) is 16.9 Å². The number of ether oxygens (including phenoxy) is 1. The van der Waals surface area contributed by atoms with Crippen LogP contribution in [0.5, 0.6) is 5.88 Å². The van der Waals surface area contributed by atoms with E-state index < -0.39 is 0 Å². The molecule has 2 aromatic carbocycles.